The van der Waals surface area contributed by atoms with Crippen LogP contribution < -0.4 is 0 Å². The molecule has 0 amide bonds. The Morgan fingerprint density at radius 2 is 2.12 bits per heavy atom. The fourth-order valence-electron chi connectivity index (χ4n) is 1.77. The summed E-state index contributed by atoms with van der Waals surface area (Å²) in [6, 6.07) is 3.12. The average Bonchev–Trinajstić information content (AvgIpc) is 2.26. The Morgan fingerprint density at radius 3 is 2.75 bits per heavy atom. The van der Waals surface area contributed by atoms with Crippen LogP contribution in [0.3, 0.4) is 0 Å². The zero-order valence-electron chi connectivity index (χ0n) is 8.14. The molecule has 82 valence electrons. The lowest BCUT2D eigenvalue weighted by Crippen LogP contribution is -2.01. The Labute approximate surface area is 99.4 Å². The van der Waals surface area contributed by atoms with E-state index in [1.165, 1.54) is 6.07 Å². The first-order valence-corrected chi connectivity index (χ1v) is 5.42. The first-order valence-electron chi connectivity index (χ1n) is 4.63. The first kappa shape index (κ1) is 10.9. The van der Waals surface area contributed by atoms with Gasteiger partial charge in [-0.25, -0.2) is 0 Å². The van der Waals surface area contributed by atoms with Crippen molar-refractivity contribution in [2.24, 2.45) is 5.18 Å². The van der Waals surface area contributed by atoms with Crippen LogP contribution in [0, 0.1) is 15.0 Å². The molecule has 1 aromatic carbocycles. The van der Waals surface area contributed by atoms with Gasteiger partial charge in [0.1, 0.15) is 0 Å². The minimum atomic E-state index is -0.558. The lowest BCUT2D eigenvalue weighted by Gasteiger charge is -2.13. The van der Waals surface area contributed by atoms with Crippen LogP contribution in [0.25, 0.3) is 6.08 Å². The van der Waals surface area contributed by atoms with Crippen LogP contribution in [-0.4, -0.2) is 4.92 Å². The van der Waals surface area contributed by atoms with Crippen molar-refractivity contribution in [2.75, 3.05) is 0 Å². The smallest absolute Gasteiger partial charge is 0.258 e. The second-order valence-electron chi connectivity index (χ2n) is 3.45. The van der Waals surface area contributed by atoms with E-state index in [0.29, 0.717) is 5.56 Å². The molecule has 0 heterocycles. The summed E-state index contributed by atoms with van der Waals surface area (Å²) in [6.45, 7) is 0. The summed E-state index contributed by atoms with van der Waals surface area (Å²) >= 11 is 3.32. The van der Waals surface area contributed by atoms with Crippen molar-refractivity contribution in [1.29, 1.82) is 0 Å². The molecule has 0 bridgehead atoms. The van der Waals surface area contributed by atoms with Gasteiger partial charge in [-0.3, -0.25) is 10.1 Å². The van der Waals surface area contributed by atoms with E-state index in [9.17, 15) is 15.0 Å². The lowest BCUT2D eigenvalue weighted by atomic mass is 9.95. The normalized spacial score (nSPS) is 13.9. The number of benzene rings is 1. The highest BCUT2D eigenvalue weighted by Crippen LogP contribution is 2.39. The van der Waals surface area contributed by atoms with Gasteiger partial charge in [-0.2, -0.15) is 0 Å². The summed E-state index contributed by atoms with van der Waals surface area (Å²) in [5, 5.41) is 13.6. The number of allylic oxidation sites excluding steroid dienone is 1. The Hall–Kier alpha value is -1.56. The SMILES string of the molecule is O=Nc1ccc2c(c1[N+](=O)[O-])C=C(Br)CC2. The second-order valence-corrected chi connectivity index (χ2v) is 4.46. The minimum absolute atomic E-state index is 0.123. The Bertz CT molecular complexity index is 511. The molecule has 0 radical (unpaired) electrons. The van der Waals surface area contributed by atoms with Crippen molar-refractivity contribution >= 4 is 33.4 Å². The molecular weight excluding hydrogens is 276 g/mol. The van der Waals surface area contributed by atoms with Gasteiger partial charge in [0.15, 0.2) is 5.69 Å². The van der Waals surface area contributed by atoms with Gasteiger partial charge in [-0.15, -0.1) is 4.91 Å². The maximum Gasteiger partial charge on any atom is 0.305 e. The summed E-state index contributed by atoms with van der Waals surface area (Å²) in [5.74, 6) is 0. The molecule has 1 aliphatic rings. The number of aryl methyl sites for hydroxylation is 1. The predicted octanol–water partition coefficient (Wildman–Crippen LogP) is 3.67. The molecule has 0 fully saturated rings. The third kappa shape index (κ3) is 1.76. The molecule has 6 heteroatoms. The van der Waals surface area contributed by atoms with Crippen molar-refractivity contribution < 1.29 is 4.92 Å². The maximum absolute atomic E-state index is 10.9. The Balaban J connectivity index is 2.73. The van der Waals surface area contributed by atoms with Crippen LogP contribution in [-0.2, 0) is 6.42 Å². The van der Waals surface area contributed by atoms with E-state index in [1.54, 1.807) is 12.1 Å². The van der Waals surface area contributed by atoms with E-state index in [0.717, 1.165) is 22.9 Å². The maximum atomic E-state index is 10.9. The number of halogens is 1. The number of fused-ring (bicyclic) bond motifs is 1. The van der Waals surface area contributed by atoms with Crippen molar-refractivity contribution in [3.63, 3.8) is 0 Å². The van der Waals surface area contributed by atoms with E-state index in [-0.39, 0.29) is 11.4 Å². The molecule has 0 saturated heterocycles. The van der Waals surface area contributed by atoms with Crippen LogP contribution in [0.15, 0.2) is 21.8 Å². The number of hydrogen-bond acceptors (Lipinski definition) is 4. The van der Waals surface area contributed by atoms with Crippen molar-refractivity contribution in [2.45, 2.75) is 12.8 Å². The first-order chi connectivity index (χ1) is 7.63. The largest absolute Gasteiger partial charge is 0.305 e. The summed E-state index contributed by atoms with van der Waals surface area (Å²) in [7, 11) is 0. The second kappa shape index (κ2) is 4.13. The number of hydrogen-bond donors (Lipinski definition) is 0. The molecule has 5 nitrogen and oxygen atoms in total. The fourth-order valence-corrected chi connectivity index (χ4v) is 2.19. The molecule has 0 saturated carbocycles. The number of nitroso groups, excluding NO2 is 1. The molecule has 0 N–H and O–H groups in total. The van der Waals surface area contributed by atoms with Crippen LogP contribution in [0.1, 0.15) is 17.5 Å². The molecule has 0 aliphatic heterocycles. The highest BCUT2D eigenvalue weighted by molar-refractivity contribution is 9.11. The van der Waals surface area contributed by atoms with Crippen LogP contribution in [0.4, 0.5) is 11.4 Å². The third-order valence-corrected chi connectivity index (χ3v) is 3.13. The van der Waals surface area contributed by atoms with Crippen LogP contribution in [0.5, 0.6) is 0 Å². The van der Waals surface area contributed by atoms with E-state index in [2.05, 4.69) is 21.1 Å². The molecule has 0 atom stereocenters. The summed E-state index contributed by atoms with van der Waals surface area (Å²) in [5.41, 5.74) is 1.04. The summed E-state index contributed by atoms with van der Waals surface area (Å²) < 4.78 is 0.895. The zero-order chi connectivity index (χ0) is 11.7. The van der Waals surface area contributed by atoms with Gasteiger partial charge in [0.25, 0.3) is 0 Å². The van der Waals surface area contributed by atoms with Gasteiger partial charge in [0.05, 0.1) is 10.5 Å². The van der Waals surface area contributed by atoms with E-state index in [4.69, 9.17) is 0 Å². The number of nitro benzene ring substituents is 1. The average molecular weight is 283 g/mol. The topological polar surface area (TPSA) is 72.6 Å². The molecule has 2 rings (SSSR count). The summed E-state index contributed by atoms with van der Waals surface area (Å²) in [4.78, 5) is 20.9. The Kier molecular flexibility index (Phi) is 2.82. The van der Waals surface area contributed by atoms with Gasteiger partial charge >= 0.3 is 5.69 Å². The van der Waals surface area contributed by atoms with Gasteiger partial charge < -0.3 is 0 Å². The van der Waals surface area contributed by atoms with Crippen LogP contribution in [0.2, 0.25) is 0 Å². The molecule has 1 aromatic rings. The molecule has 0 aromatic heterocycles. The molecule has 16 heavy (non-hydrogen) atoms. The van der Waals surface area contributed by atoms with E-state index in [1.807, 2.05) is 0 Å². The third-order valence-electron chi connectivity index (χ3n) is 2.50. The number of rotatable bonds is 2. The highest BCUT2D eigenvalue weighted by atomic mass is 79.9. The van der Waals surface area contributed by atoms with Crippen LogP contribution >= 0.6 is 15.9 Å². The van der Waals surface area contributed by atoms with Gasteiger partial charge in [-0.05, 0) is 40.2 Å². The summed E-state index contributed by atoms with van der Waals surface area (Å²) in [6.07, 6.45) is 3.23. The molecule has 0 unspecified atom stereocenters. The standard InChI is InChI=1S/C10H7BrN2O3/c11-7-3-1-6-2-4-9(12-14)10(13(15)16)8(6)5-7/h2,4-5H,1,3H2. The predicted molar refractivity (Wildman–Crippen MR) is 63.8 cm³/mol. The minimum Gasteiger partial charge on any atom is -0.258 e. The van der Waals surface area contributed by atoms with Crippen molar-refractivity contribution in [3.05, 3.63) is 42.8 Å². The molecule has 1 aliphatic carbocycles. The lowest BCUT2D eigenvalue weighted by molar-refractivity contribution is -0.384. The van der Waals surface area contributed by atoms with Gasteiger partial charge in [0, 0.05) is 0 Å². The van der Waals surface area contributed by atoms with E-state index < -0.39 is 4.92 Å². The van der Waals surface area contributed by atoms with E-state index >= 15 is 0 Å². The number of nitro groups is 1. The van der Waals surface area contributed by atoms with Crippen molar-refractivity contribution in [3.8, 4) is 0 Å². The zero-order valence-corrected chi connectivity index (χ0v) is 9.73. The monoisotopic (exact) mass is 282 g/mol. The molecular formula is C10H7BrN2O3. The quantitative estimate of drug-likeness (QED) is 0.472. The van der Waals surface area contributed by atoms with Gasteiger partial charge in [0.2, 0.25) is 0 Å². The number of nitrogens with zero attached hydrogens (tertiary/aromatic N) is 2. The fraction of sp³-hybridized carbons (Fsp3) is 0.200. The molecule has 0 spiro atoms. The highest BCUT2D eigenvalue weighted by Gasteiger charge is 2.24. The van der Waals surface area contributed by atoms with Crippen molar-refractivity contribution in [1.82, 2.24) is 0 Å². The van der Waals surface area contributed by atoms with Gasteiger partial charge in [-0.1, -0.05) is 22.0 Å². The Morgan fingerprint density at radius 1 is 1.38 bits per heavy atom.